The maximum absolute atomic E-state index is 11.5. The van der Waals surface area contributed by atoms with Gasteiger partial charge in [-0.25, -0.2) is 0 Å². The molecule has 1 amide bonds. The van der Waals surface area contributed by atoms with Crippen LogP contribution in [0, 0.1) is 0 Å². The predicted octanol–water partition coefficient (Wildman–Crippen LogP) is 2.66. The van der Waals surface area contributed by atoms with Gasteiger partial charge >= 0.3 is 0 Å². The molecule has 1 rings (SSSR count). The van der Waals surface area contributed by atoms with E-state index in [9.17, 15) is 4.79 Å². The van der Waals surface area contributed by atoms with Crippen LogP contribution in [0.5, 0.6) is 0 Å². The van der Waals surface area contributed by atoms with Crippen LogP contribution in [-0.4, -0.2) is 11.9 Å². The highest BCUT2D eigenvalue weighted by Crippen LogP contribution is 2.23. The Morgan fingerprint density at radius 2 is 1.82 bits per heavy atom. The van der Waals surface area contributed by atoms with Crippen LogP contribution in [0.4, 0.5) is 5.69 Å². The fourth-order valence-electron chi connectivity index (χ4n) is 1.56. The molecule has 1 aromatic carbocycles. The number of benzene rings is 1. The van der Waals surface area contributed by atoms with Gasteiger partial charge in [-0.05, 0) is 30.0 Å². The van der Waals surface area contributed by atoms with Crippen molar-refractivity contribution in [3.05, 3.63) is 29.8 Å². The Balaban J connectivity index is 2.66. The van der Waals surface area contributed by atoms with E-state index < -0.39 is 0 Å². The molecular formula is C14H22N2O. The fourth-order valence-corrected chi connectivity index (χ4v) is 1.56. The molecule has 3 heteroatoms. The zero-order valence-corrected chi connectivity index (χ0v) is 11.1. The van der Waals surface area contributed by atoms with Crippen molar-refractivity contribution in [2.24, 2.45) is 5.73 Å². The summed E-state index contributed by atoms with van der Waals surface area (Å²) in [6.45, 7) is 8.31. The van der Waals surface area contributed by atoms with Crippen molar-refractivity contribution >= 4 is 11.6 Å². The third kappa shape index (κ3) is 4.57. The minimum atomic E-state index is -0.108. The van der Waals surface area contributed by atoms with Crippen LogP contribution in [0.25, 0.3) is 0 Å². The van der Waals surface area contributed by atoms with Gasteiger partial charge in [0.15, 0.2) is 0 Å². The van der Waals surface area contributed by atoms with Crippen molar-refractivity contribution in [2.45, 2.75) is 45.6 Å². The van der Waals surface area contributed by atoms with E-state index in [-0.39, 0.29) is 17.4 Å². The van der Waals surface area contributed by atoms with Gasteiger partial charge in [0.1, 0.15) is 0 Å². The lowest BCUT2D eigenvalue weighted by Gasteiger charge is -2.19. The third-order valence-corrected chi connectivity index (χ3v) is 2.54. The summed E-state index contributed by atoms with van der Waals surface area (Å²) < 4.78 is 0. The highest BCUT2D eigenvalue weighted by Gasteiger charge is 2.13. The molecule has 17 heavy (non-hydrogen) atoms. The van der Waals surface area contributed by atoms with Crippen molar-refractivity contribution in [3.8, 4) is 0 Å². The van der Waals surface area contributed by atoms with Crippen LogP contribution < -0.4 is 11.1 Å². The molecular weight excluding hydrogens is 212 g/mol. The van der Waals surface area contributed by atoms with Crippen molar-refractivity contribution < 1.29 is 4.79 Å². The first-order valence-corrected chi connectivity index (χ1v) is 5.95. The number of hydrogen-bond donors (Lipinski definition) is 2. The zero-order chi connectivity index (χ0) is 13.1. The van der Waals surface area contributed by atoms with Gasteiger partial charge in [-0.1, -0.05) is 32.9 Å². The molecule has 0 fully saturated rings. The Hall–Kier alpha value is -1.35. The lowest BCUT2D eigenvalue weighted by atomic mass is 9.87. The van der Waals surface area contributed by atoms with E-state index in [0.717, 1.165) is 5.69 Å². The van der Waals surface area contributed by atoms with Gasteiger partial charge in [-0.3, -0.25) is 4.79 Å². The average molecular weight is 234 g/mol. The molecule has 3 N–H and O–H groups in total. The van der Waals surface area contributed by atoms with Crippen LogP contribution in [-0.2, 0) is 10.2 Å². The van der Waals surface area contributed by atoms with Gasteiger partial charge in [-0.15, -0.1) is 0 Å². The molecule has 0 aliphatic heterocycles. The molecule has 0 aromatic heterocycles. The quantitative estimate of drug-likeness (QED) is 0.844. The number of amides is 1. The van der Waals surface area contributed by atoms with E-state index in [2.05, 4.69) is 26.1 Å². The van der Waals surface area contributed by atoms with Crippen LogP contribution in [0.3, 0.4) is 0 Å². The highest BCUT2D eigenvalue weighted by atomic mass is 16.1. The lowest BCUT2D eigenvalue weighted by molar-refractivity contribution is -0.116. The smallest absolute Gasteiger partial charge is 0.225 e. The van der Waals surface area contributed by atoms with E-state index >= 15 is 0 Å². The Labute approximate surface area is 103 Å². The molecule has 0 radical (unpaired) electrons. The van der Waals surface area contributed by atoms with Gasteiger partial charge in [0.2, 0.25) is 5.91 Å². The fraction of sp³-hybridized carbons (Fsp3) is 0.500. The van der Waals surface area contributed by atoms with Gasteiger partial charge in [0.25, 0.3) is 0 Å². The minimum Gasteiger partial charge on any atom is -0.327 e. The molecule has 0 bridgehead atoms. The molecule has 0 saturated heterocycles. The second-order valence-electron chi connectivity index (χ2n) is 5.56. The molecule has 0 aliphatic carbocycles. The largest absolute Gasteiger partial charge is 0.327 e. The number of nitrogens with two attached hydrogens (primary N) is 1. The first kappa shape index (κ1) is 13.7. The summed E-state index contributed by atoms with van der Waals surface area (Å²) >= 11 is 0. The van der Waals surface area contributed by atoms with Crippen LogP contribution >= 0.6 is 0 Å². The topological polar surface area (TPSA) is 55.1 Å². The van der Waals surface area contributed by atoms with Gasteiger partial charge in [0.05, 0.1) is 0 Å². The predicted molar refractivity (Wildman–Crippen MR) is 72.0 cm³/mol. The van der Waals surface area contributed by atoms with Crippen LogP contribution in [0.2, 0.25) is 0 Å². The molecule has 3 nitrogen and oxygen atoms in total. The number of carbonyl (C=O) groups excluding carboxylic acids is 1. The SMILES string of the molecule is CC(N)CC(=O)Nc1ccc(C(C)(C)C)cc1. The van der Waals surface area contributed by atoms with Crippen LogP contribution in [0.1, 0.15) is 39.7 Å². The zero-order valence-electron chi connectivity index (χ0n) is 11.1. The molecule has 1 aromatic rings. The summed E-state index contributed by atoms with van der Waals surface area (Å²) in [6, 6.07) is 7.84. The monoisotopic (exact) mass is 234 g/mol. The highest BCUT2D eigenvalue weighted by molar-refractivity contribution is 5.91. The number of rotatable bonds is 3. The molecule has 1 atom stereocenters. The molecule has 0 aliphatic rings. The summed E-state index contributed by atoms with van der Waals surface area (Å²) in [5.41, 5.74) is 7.78. The molecule has 0 saturated carbocycles. The first-order chi connectivity index (χ1) is 7.79. The second-order valence-corrected chi connectivity index (χ2v) is 5.56. The summed E-state index contributed by atoms with van der Waals surface area (Å²) in [6.07, 6.45) is 0.348. The number of hydrogen-bond acceptors (Lipinski definition) is 2. The summed E-state index contributed by atoms with van der Waals surface area (Å²) in [7, 11) is 0. The van der Waals surface area contributed by atoms with Crippen molar-refractivity contribution in [1.29, 1.82) is 0 Å². The number of anilines is 1. The Kier molecular flexibility index (Phi) is 4.29. The van der Waals surface area contributed by atoms with E-state index in [1.165, 1.54) is 5.56 Å². The lowest BCUT2D eigenvalue weighted by Crippen LogP contribution is -2.24. The maximum atomic E-state index is 11.5. The van der Waals surface area contributed by atoms with Gasteiger partial charge in [-0.2, -0.15) is 0 Å². The Morgan fingerprint density at radius 1 is 1.29 bits per heavy atom. The maximum Gasteiger partial charge on any atom is 0.225 e. The summed E-state index contributed by atoms with van der Waals surface area (Å²) in [5.74, 6) is -0.0384. The molecule has 94 valence electrons. The summed E-state index contributed by atoms with van der Waals surface area (Å²) in [4.78, 5) is 11.5. The van der Waals surface area contributed by atoms with Gasteiger partial charge in [0, 0.05) is 18.2 Å². The average Bonchev–Trinajstić information content (AvgIpc) is 2.15. The van der Waals surface area contributed by atoms with Crippen molar-refractivity contribution in [1.82, 2.24) is 0 Å². The van der Waals surface area contributed by atoms with E-state index in [1.807, 2.05) is 31.2 Å². The number of nitrogens with one attached hydrogen (secondary N) is 1. The van der Waals surface area contributed by atoms with Crippen LogP contribution in [0.15, 0.2) is 24.3 Å². The number of carbonyl (C=O) groups is 1. The third-order valence-electron chi connectivity index (χ3n) is 2.54. The minimum absolute atomic E-state index is 0.0384. The first-order valence-electron chi connectivity index (χ1n) is 5.95. The second kappa shape index (κ2) is 5.32. The van der Waals surface area contributed by atoms with Crippen molar-refractivity contribution in [3.63, 3.8) is 0 Å². The van der Waals surface area contributed by atoms with E-state index in [1.54, 1.807) is 0 Å². The molecule has 0 spiro atoms. The standard InChI is InChI=1S/C14H22N2O/c1-10(15)9-13(17)16-12-7-5-11(6-8-12)14(2,3)4/h5-8,10H,9,15H2,1-4H3,(H,16,17). The molecule has 1 unspecified atom stereocenters. The van der Waals surface area contributed by atoms with Gasteiger partial charge < -0.3 is 11.1 Å². The Morgan fingerprint density at radius 3 is 2.24 bits per heavy atom. The molecule has 0 heterocycles. The van der Waals surface area contributed by atoms with Crippen molar-refractivity contribution in [2.75, 3.05) is 5.32 Å². The summed E-state index contributed by atoms with van der Waals surface area (Å²) in [5, 5.41) is 2.83. The van der Waals surface area contributed by atoms with E-state index in [0.29, 0.717) is 6.42 Å². The van der Waals surface area contributed by atoms with E-state index in [4.69, 9.17) is 5.73 Å². The normalized spacial score (nSPS) is 13.2. The Bertz CT molecular complexity index is 374.